The van der Waals surface area contributed by atoms with E-state index < -0.39 is 0 Å². The van der Waals surface area contributed by atoms with Crippen molar-refractivity contribution in [3.8, 4) is 0 Å². The summed E-state index contributed by atoms with van der Waals surface area (Å²) in [6.07, 6.45) is 12.5. The zero-order valence-corrected chi connectivity index (χ0v) is 13.9. The molecule has 0 heteroatoms. The number of unbranched alkanes of at least 4 members (excludes halogenated alkanes) is 6. The van der Waals surface area contributed by atoms with Crippen molar-refractivity contribution in [1.29, 1.82) is 0 Å². The molecule has 1 rings (SSSR count). The molecular formula is C20H34. The molecule has 0 aliphatic rings. The van der Waals surface area contributed by atoms with Crippen molar-refractivity contribution in [3.05, 3.63) is 35.9 Å². The summed E-state index contributed by atoms with van der Waals surface area (Å²) in [7, 11) is 0. The van der Waals surface area contributed by atoms with E-state index in [1.807, 2.05) is 0 Å². The molecule has 0 N–H and O–H groups in total. The number of benzene rings is 1. The highest BCUT2D eigenvalue weighted by molar-refractivity contribution is 5.20. The third kappa shape index (κ3) is 6.59. The molecule has 0 fully saturated rings. The predicted octanol–water partition coefficient (Wildman–Crippen LogP) is 6.96. The zero-order valence-electron chi connectivity index (χ0n) is 13.9. The van der Waals surface area contributed by atoms with Gasteiger partial charge >= 0.3 is 0 Å². The van der Waals surface area contributed by atoms with E-state index in [1.54, 1.807) is 5.56 Å². The Bertz CT molecular complexity index is 314. The van der Waals surface area contributed by atoms with Gasteiger partial charge in [-0.3, -0.25) is 0 Å². The van der Waals surface area contributed by atoms with Crippen LogP contribution in [-0.2, 0) is 0 Å². The minimum atomic E-state index is 0.761. The molecule has 0 heterocycles. The van der Waals surface area contributed by atoms with Crippen molar-refractivity contribution in [3.63, 3.8) is 0 Å². The lowest BCUT2D eigenvalue weighted by Crippen LogP contribution is -2.09. The Morgan fingerprint density at radius 3 is 2.00 bits per heavy atom. The monoisotopic (exact) mass is 274 g/mol. The second-order valence-electron chi connectivity index (χ2n) is 6.31. The Kier molecular flexibility index (Phi) is 9.45. The molecule has 0 spiro atoms. The molecule has 1 aromatic carbocycles. The highest BCUT2D eigenvalue weighted by Crippen LogP contribution is 2.31. The van der Waals surface area contributed by atoms with Crippen LogP contribution in [0.25, 0.3) is 0 Å². The highest BCUT2D eigenvalue weighted by atomic mass is 14.2. The van der Waals surface area contributed by atoms with Crippen molar-refractivity contribution >= 4 is 0 Å². The number of hydrogen-bond donors (Lipinski definition) is 0. The maximum Gasteiger partial charge on any atom is -0.0136 e. The topological polar surface area (TPSA) is 0 Å². The van der Waals surface area contributed by atoms with Gasteiger partial charge in [0.1, 0.15) is 0 Å². The summed E-state index contributed by atoms with van der Waals surface area (Å²) in [5.41, 5.74) is 1.55. The summed E-state index contributed by atoms with van der Waals surface area (Å²) in [6, 6.07) is 11.1. The Labute approximate surface area is 127 Å². The van der Waals surface area contributed by atoms with E-state index in [-0.39, 0.29) is 0 Å². The fourth-order valence-electron chi connectivity index (χ4n) is 3.09. The highest BCUT2D eigenvalue weighted by Gasteiger charge is 2.17. The van der Waals surface area contributed by atoms with Gasteiger partial charge in [0, 0.05) is 0 Å². The van der Waals surface area contributed by atoms with E-state index in [4.69, 9.17) is 0 Å². The van der Waals surface area contributed by atoms with Gasteiger partial charge in [0.25, 0.3) is 0 Å². The molecule has 2 unspecified atom stereocenters. The van der Waals surface area contributed by atoms with Crippen LogP contribution in [0.5, 0.6) is 0 Å². The Morgan fingerprint density at radius 1 is 0.800 bits per heavy atom. The van der Waals surface area contributed by atoms with Crippen LogP contribution in [0.1, 0.15) is 90.0 Å². The van der Waals surface area contributed by atoms with E-state index in [1.165, 1.54) is 57.8 Å². The first-order valence-corrected chi connectivity index (χ1v) is 8.84. The molecule has 20 heavy (non-hydrogen) atoms. The smallest absolute Gasteiger partial charge is 0.0136 e. The van der Waals surface area contributed by atoms with Gasteiger partial charge in [0.15, 0.2) is 0 Å². The van der Waals surface area contributed by atoms with Crippen molar-refractivity contribution < 1.29 is 0 Å². The average molecular weight is 274 g/mol. The van der Waals surface area contributed by atoms with Crippen LogP contribution in [0, 0.1) is 5.92 Å². The maximum atomic E-state index is 2.42. The van der Waals surface area contributed by atoms with E-state index in [0.717, 1.165) is 11.8 Å². The quantitative estimate of drug-likeness (QED) is 0.383. The summed E-state index contributed by atoms with van der Waals surface area (Å²) in [4.78, 5) is 0. The van der Waals surface area contributed by atoms with E-state index in [0.29, 0.717) is 0 Å². The molecule has 0 nitrogen and oxygen atoms in total. The standard InChI is InChI=1S/C20H34/c1-4-6-7-8-9-10-14-17-20(18(3)5-2)19-15-12-11-13-16-19/h11-13,15-16,18,20H,4-10,14,17H2,1-3H3. The summed E-state index contributed by atoms with van der Waals surface area (Å²) >= 11 is 0. The summed E-state index contributed by atoms with van der Waals surface area (Å²) < 4.78 is 0. The summed E-state index contributed by atoms with van der Waals surface area (Å²) in [5.74, 6) is 1.56. The van der Waals surface area contributed by atoms with Crippen LogP contribution in [0.3, 0.4) is 0 Å². The lowest BCUT2D eigenvalue weighted by Gasteiger charge is -2.23. The minimum Gasteiger partial charge on any atom is -0.0654 e. The predicted molar refractivity (Wildman–Crippen MR) is 91.2 cm³/mol. The molecule has 1 aromatic rings. The second kappa shape index (κ2) is 10.9. The molecule has 0 aliphatic heterocycles. The largest absolute Gasteiger partial charge is 0.0654 e. The van der Waals surface area contributed by atoms with Crippen LogP contribution >= 0.6 is 0 Å². The van der Waals surface area contributed by atoms with Crippen molar-refractivity contribution in [1.82, 2.24) is 0 Å². The van der Waals surface area contributed by atoms with Crippen molar-refractivity contribution in [2.75, 3.05) is 0 Å². The van der Waals surface area contributed by atoms with Gasteiger partial charge in [-0.25, -0.2) is 0 Å². The van der Waals surface area contributed by atoms with Gasteiger partial charge in [-0.1, -0.05) is 102 Å². The average Bonchev–Trinajstić information content (AvgIpc) is 2.50. The van der Waals surface area contributed by atoms with E-state index >= 15 is 0 Å². The molecule has 0 bridgehead atoms. The van der Waals surface area contributed by atoms with Crippen molar-refractivity contribution in [2.45, 2.75) is 84.5 Å². The van der Waals surface area contributed by atoms with Crippen LogP contribution < -0.4 is 0 Å². The molecule has 0 radical (unpaired) electrons. The molecular weight excluding hydrogens is 240 g/mol. The summed E-state index contributed by atoms with van der Waals surface area (Å²) in [6.45, 7) is 7.03. The lowest BCUT2D eigenvalue weighted by molar-refractivity contribution is 0.404. The van der Waals surface area contributed by atoms with Crippen LogP contribution in [-0.4, -0.2) is 0 Å². The first-order chi connectivity index (χ1) is 9.79. The van der Waals surface area contributed by atoms with Gasteiger partial charge in [-0.15, -0.1) is 0 Å². The molecule has 0 amide bonds. The Hall–Kier alpha value is -0.780. The van der Waals surface area contributed by atoms with Gasteiger partial charge in [0.05, 0.1) is 0 Å². The molecule has 0 aromatic heterocycles. The number of hydrogen-bond acceptors (Lipinski definition) is 0. The first-order valence-electron chi connectivity index (χ1n) is 8.84. The second-order valence-corrected chi connectivity index (χ2v) is 6.31. The fraction of sp³-hybridized carbons (Fsp3) is 0.700. The number of rotatable bonds is 11. The third-order valence-corrected chi connectivity index (χ3v) is 4.68. The van der Waals surface area contributed by atoms with Crippen LogP contribution in [0.2, 0.25) is 0 Å². The molecule has 0 saturated carbocycles. The normalized spacial score (nSPS) is 14.2. The van der Waals surface area contributed by atoms with E-state index in [2.05, 4.69) is 51.1 Å². The van der Waals surface area contributed by atoms with Gasteiger partial charge in [-0.05, 0) is 23.8 Å². The Balaban J connectivity index is 2.32. The Morgan fingerprint density at radius 2 is 1.40 bits per heavy atom. The fourth-order valence-corrected chi connectivity index (χ4v) is 3.09. The van der Waals surface area contributed by atoms with Crippen molar-refractivity contribution in [2.24, 2.45) is 5.92 Å². The molecule has 114 valence electrons. The SMILES string of the molecule is CCCCCCCCCC(c1ccccc1)C(C)CC. The van der Waals surface area contributed by atoms with Gasteiger partial charge in [-0.2, -0.15) is 0 Å². The molecule has 2 atom stereocenters. The lowest BCUT2D eigenvalue weighted by atomic mass is 9.82. The van der Waals surface area contributed by atoms with Gasteiger partial charge in [0.2, 0.25) is 0 Å². The molecule has 0 aliphatic carbocycles. The van der Waals surface area contributed by atoms with Crippen LogP contribution in [0.4, 0.5) is 0 Å². The first kappa shape index (κ1) is 17.3. The molecule has 0 saturated heterocycles. The summed E-state index contributed by atoms with van der Waals surface area (Å²) in [5, 5.41) is 0. The van der Waals surface area contributed by atoms with Gasteiger partial charge < -0.3 is 0 Å². The maximum absolute atomic E-state index is 2.42. The van der Waals surface area contributed by atoms with Crippen LogP contribution in [0.15, 0.2) is 30.3 Å². The minimum absolute atomic E-state index is 0.761. The zero-order chi connectivity index (χ0) is 14.6. The van der Waals surface area contributed by atoms with E-state index in [9.17, 15) is 0 Å². The third-order valence-electron chi connectivity index (χ3n) is 4.68.